The van der Waals surface area contributed by atoms with Gasteiger partial charge in [0.2, 0.25) is 0 Å². The predicted octanol–water partition coefficient (Wildman–Crippen LogP) is 7.18. The number of nitrogens with zero attached hydrogens (tertiary/aromatic N) is 1. The molecule has 2 bridgehead atoms. The molecule has 2 fully saturated rings. The van der Waals surface area contributed by atoms with Crippen LogP contribution in [0.15, 0.2) is 55.7 Å². The molecule has 4 nitrogen and oxygen atoms in total. The monoisotopic (exact) mass is 711 g/mol. The van der Waals surface area contributed by atoms with Gasteiger partial charge in [0.1, 0.15) is 0 Å². The van der Waals surface area contributed by atoms with Crippen LogP contribution in [0.5, 0.6) is 0 Å². The molecule has 2 saturated carbocycles. The normalized spacial score (nSPS) is 23.3. The van der Waals surface area contributed by atoms with Crippen molar-refractivity contribution in [2.24, 2.45) is 23.7 Å². The van der Waals surface area contributed by atoms with Crippen molar-refractivity contribution in [1.29, 1.82) is 0 Å². The molecule has 4 rings (SSSR count). The zero-order valence-electron chi connectivity index (χ0n) is 22.4. The predicted molar refractivity (Wildman–Crippen MR) is 151 cm³/mol. The van der Waals surface area contributed by atoms with Crippen LogP contribution in [0.4, 0.5) is 0 Å². The fourth-order valence-electron chi connectivity index (χ4n) is 4.81. The molecule has 4 unspecified atom stereocenters. The Balaban J connectivity index is 0. The van der Waals surface area contributed by atoms with Gasteiger partial charge >= 0.3 is 23.2 Å². The van der Waals surface area contributed by atoms with Crippen LogP contribution in [0.25, 0.3) is 0 Å². The number of fused-ring (bicyclic) bond motifs is 2. The van der Waals surface area contributed by atoms with Crippen LogP contribution in [-0.4, -0.2) is 26.4 Å². The average Bonchev–Trinajstić information content (AvgIpc) is 3.52. The standard InChI is InChI=1S/C13H21NO2.C9H14.C7H10.2ClH.O.W/c1-12(2,15)8-10-6-5-7-11(14-10)9-13(3,4)16;1-3-8-5-6-9(4-2)7-8;1-2-7-4-3-6(1)5-7;;;;/h5-7,15-16H,8-9H2,1-4H3;3-4,8-9H,1-2,5-7H2;1-2,6-7H,3-5H2;2*1H;;. The van der Waals surface area contributed by atoms with E-state index in [1.54, 1.807) is 27.7 Å². The fraction of sp³-hybridized carbons (Fsp3) is 0.621. The van der Waals surface area contributed by atoms with Crippen molar-refractivity contribution in [3.63, 3.8) is 0 Å². The number of rotatable bonds is 6. The molecule has 2 N–H and O–H groups in total. The second-order valence-electron chi connectivity index (χ2n) is 11.1. The van der Waals surface area contributed by atoms with Gasteiger partial charge in [-0.15, -0.1) is 38.0 Å². The zero-order valence-corrected chi connectivity index (χ0v) is 27.0. The van der Waals surface area contributed by atoms with Gasteiger partial charge in [-0.1, -0.05) is 30.4 Å². The van der Waals surface area contributed by atoms with Gasteiger partial charge in [-0.2, -0.15) is 0 Å². The van der Waals surface area contributed by atoms with Crippen molar-refractivity contribution in [3.05, 3.63) is 67.0 Å². The Bertz CT molecular complexity index is 732. The fourth-order valence-corrected chi connectivity index (χ4v) is 4.81. The zero-order chi connectivity index (χ0) is 25.8. The SMILES string of the molecule is C1=CC2CCC1C2.C=CC1CCC(C=C)C1.CC(C)(O)Cc1cccc(CC(C)(C)O)n1.Cl.Cl.[O]=[W]. The molecule has 0 saturated heterocycles. The van der Waals surface area contributed by atoms with Crippen molar-refractivity contribution in [2.75, 3.05) is 0 Å². The van der Waals surface area contributed by atoms with Crippen LogP contribution in [-0.2, 0) is 36.0 Å². The molecule has 0 aliphatic heterocycles. The van der Waals surface area contributed by atoms with Gasteiger partial charge in [-0.05, 0) is 102 Å². The van der Waals surface area contributed by atoms with E-state index in [0.717, 1.165) is 35.1 Å². The average molecular weight is 712 g/mol. The molecule has 7 heteroatoms. The van der Waals surface area contributed by atoms with Crippen molar-refractivity contribution >= 4 is 24.8 Å². The van der Waals surface area contributed by atoms with Crippen molar-refractivity contribution in [2.45, 2.75) is 90.3 Å². The number of allylic oxidation sites excluding steroid dienone is 4. The number of aromatic nitrogens is 1. The van der Waals surface area contributed by atoms with Crippen molar-refractivity contribution in [3.8, 4) is 0 Å². The van der Waals surface area contributed by atoms with Crippen LogP contribution in [0.1, 0.15) is 77.6 Å². The number of pyridine rings is 1. The second kappa shape index (κ2) is 18.6. The Morgan fingerprint density at radius 3 is 1.44 bits per heavy atom. The number of halogens is 2. The first-order chi connectivity index (χ1) is 16.0. The second-order valence-corrected chi connectivity index (χ2v) is 11.1. The van der Waals surface area contributed by atoms with E-state index in [0.29, 0.717) is 32.6 Å². The summed E-state index contributed by atoms with van der Waals surface area (Å²) in [4.78, 5) is 4.42. The van der Waals surface area contributed by atoms with Gasteiger partial charge in [0.05, 0.1) is 11.2 Å². The summed E-state index contributed by atoms with van der Waals surface area (Å²) in [6.45, 7) is 14.6. The molecule has 3 aliphatic carbocycles. The van der Waals surface area contributed by atoms with Crippen LogP contribution in [0.2, 0.25) is 0 Å². The number of hydrogen-bond acceptors (Lipinski definition) is 4. The molecule has 0 radical (unpaired) electrons. The maximum atomic E-state index is 9.71. The molecule has 206 valence electrons. The summed E-state index contributed by atoms with van der Waals surface area (Å²) in [6, 6.07) is 5.70. The topological polar surface area (TPSA) is 70.4 Å². The van der Waals surface area contributed by atoms with E-state index in [-0.39, 0.29) is 24.8 Å². The molecule has 0 aromatic carbocycles. The van der Waals surface area contributed by atoms with E-state index in [1.165, 1.54) is 38.5 Å². The van der Waals surface area contributed by atoms with Gasteiger partial charge in [0.15, 0.2) is 0 Å². The van der Waals surface area contributed by atoms with E-state index < -0.39 is 11.2 Å². The molecule has 1 heterocycles. The Labute approximate surface area is 243 Å². The molecule has 4 atom stereocenters. The summed E-state index contributed by atoms with van der Waals surface area (Å²) >= 11 is 0.333. The van der Waals surface area contributed by atoms with Crippen molar-refractivity contribution < 1.29 is 33.4 Å². The first-order valence-electron chi connectivity index (χ1n) is 12.5. The minimum absolute atomic E-state index is 0. The van der Waals surface area contributed by atoms with E-state index in [4.69, 9.17) is 3.40 Å². The van der Waals surface area contributed by atoms with Crippen molar-refractivity contribution in [1.82, 2.24) is 4.98 Å². The van der Waals surface area contributed by atoms with E-state index in [9.17, 15) is 10.2 Å². The summed E-state index contributed by atoms with van der Waals surface area (Å²) in [5, 5.41) is 19.4. The molecular weight excluding hydrogens is 665 g/mol. The van der Waals surface area contributed by atoms with Crippen LogP contribution in [0, 0.1) is 23.7 Å². The molecular formula is C29H47Cl2NO3W. The van der Waals surface area contributed by atoms with Gasteiger partial charge < -0.3 is 10.2 Å². The van der Waals surface area contributed by atoms with E-state index in [2.05, 4.69) is 42.4 Å². The van der Waals surface area contributed by atoms with Gasteiger partial charge in [-0.25, -0.2) is 0 Å². The maximum absolute atomic E-state index is 9.71. The third-order valence-corrected chi connectivity index (χ3v) is 6.44. The molecule has 0 amide bonds. The Hall–Kier alpha value is -0.642. The summed E-state index contributed by atoms with van der Waals surface area (Å²) in [5.74, 6) is 3.52. The Kier molecular flexibility index (Phi) is 19.4. The third-order valence-electron chi connectivity index (χ3n) is 6.44. The van der Waals surface area contributed by atoms with E-state index in [1.807, 2.05) is 18.2 Å². The van der Waals surface area contributed by atoms with Gasteiger partial charge in [0, 0.05) is 24.2 Å². The molecule has 0 spiro atoms. The van der Waals surface area contributed by atoms with Crippen LogP contribution < -0.4 is 0 Å². The van der Waals surface area contributed by atoms with Crippen LogP contribution >= 0.6 is 24.8 Å². The summed E-state index contributed by atoms with van der Waals surface area (Å²) in [6.07, 6.45) is 18.3. The summed E-state index contributed by atoms with van der Waals surface area (Å²) in [7, 11) is 0. The summed E-state index contributed by atoms with van der Waals surface area (Å²) in [5.41, 5.74) is 0.212. The van der Waals surface area contributed by atoms with Gasteiger partial charge in [0.25, 0.3) is 0 Å². The molecule has 1 aromatic rings. The molecule has 3 aliphatic rings. The first-order valence-corrected chi connectivity index (χ1v) is 13.7. The number of hydrogen-bond donors (Lipinski definition) is 2. The first kappa shape index (κ1) is 37.5. The number of aliphatic hydroxyl groups is 2. The van der Waals surface area contributed by atoms with E-state index >= 15 is 0 Å². The molecule has 1 aromatic heterocycles. The summed E-state index contributed by atoms with van der Waals surface area (Å²) < 4.78 is 8.33. The Morgan fingerprint density at radius 2 is 1.22 bits per heavy atom. The third kappa shape index (κ3) is 16.3. The van der Waals surface area contributed by atoms with Crippen LogP contribution in [0.3, 0.4) is 0 Å². The minimum atomic E-state index is -0.750. The Morgan fingerprint density at radius 1 is 0.833 bits per heavy atom. The van der Waals surface area contributed by atoms with Gasteiger partial charge in [-0.3, -0.25) is 4.98 Å². The molecule has 36 heavy (non-hydrogen) atoms. The quantitative estimate of drug-likeness (QED) is 0.307.